The van der Waals surface area contributed by atoms with Gasteiger partial charge in [-0.3, -0.25) is 0 Å². The molecule has 0 radical (unpaired) electrons. The van der Waals surface area contributed by atoms with Crippen LogP contribution in [0.15, 0.2) is 12.1 Å². The molecule has 0 aromatic heterocycles. The molecule has 0 heterocycles. The van der Waals surface area contributed by atoms with Crippen LogP contribution in [0.3, 0.4) is 0 Å². The van der Waals surface area contributed by atoms with Crippen LogP contribution in [0.25, 0.3) is 0 Å². The van der Waals surface area contributed by atoms with Crippen molar-refractivity contribution >= 4 is 11.6 Å². The molecule has 1 aromatic rings. The molecule has 1 rings (SSSR count). The van der Waals surface area contributed by atoms with Crippen LogP contribution in [0.2, 0.25) is 5.02 Å². The van der Waals surface area contributed by atoms with Gasteiger partial charge in [-0.1, -0.05) is 11.6 Å². The van der Waals surface area contributed by atoms with Crippen molar-refractivity contribution in [1.82, 2.24) is 10.2 Å². The van der Waals surface area contributed by atoms with Crippen molar-refractivity contribution in [1.29, 1.82) is 0 Å². The van der Waals surface area contributed by atoms with Crippen molar-refractivity contribution in [2.24, 2.45) is 0 Å². The molecule has 1 aromatic carbocycles. The van der Waals surface area contributed by atoms with Gasteiger partial charge in [0.15, 0.2) is 11.5 Å². The highest BCUT2D eigenvalue weighted by Gasteiger charge is 2.13. The molecule has 0 spiro atoms. The molecule has 0 saturated heterocycles. The number of hydrogen-bond acceptors (Lipinski definition) is 4. The Morgan fingerprint density at radius 1 is 1.27 bits per heavy atom. The van der Waals surface area contributed by atoms with Gasteiger partial charge < -0.3 is 19.7 Å². The molecular weight excluding hydrogens is 300 g/mol. The second kappa shape index (κ2) is 9.93. The molecule has 22 heavy (non-hydrogen) atoms. The third kappa shape index (κ3) is 6.86. The van der Waals surface area contributed by atoms with Gasteiger partial charge in [-0.05, 0) is 72.1 Å². The molecule has 0 saturated carbocycles. The molecule has 0 atom stereocenters. The summed E-state index contributed by atoms with van der Waals surface area (Å²) in [5, 5.41) is 4.03. The zero-order valence-corrected chi connectivity index (χ0v) is 15.2. The van der Waals surface area contributed by atoms with E-state index < -0.39 is 0 Å². The summed E-state index contributed by atoms with van der Waals surface area (Å²) in [5.41, 5.74) is 1.11. The molecule has 126 valence electrons. The van der Waals surface area contributed by atoms with E-state index in [9.17, 15) is 0 Å². The van der Waals surface area contributed by atoms with Gasteiger partial charge >= 0.3 is 0 Å². The van der Waals surface area contributed by atoms with Crippen LogP contribution in [-0.4, -0.2) is 44.8 Å². The van der Waals surface area contributed by atoms with Gasteiger partial charge in [0.1, 0.15) is 0 Å². The minimum Gasteiger partial charge on any atom is -0.490 e. The summed E-state index contributed by atoms with van der Waals surface area (Å²) in [6, 6.07) is 3.95. The first kappa shape index (κ1) is 19.1. The van der Waals surface area contributed by atoms with Crippen LogP contribution < -0.4 is 14.8 Å². The lowest BCUT2D eigenvalue weighted by Crippen LogP contribution is -2.21. The Balaban J connectivity index is 2.68. The third-order valence-corrected chi connectivity index (χ3v) is 3.29. The minimum atomic E-state index is 0.0618. The molecular formula is C17H29ClN2O2. The van der Waals surface area contributed by atoms with Gasteiger partial charge in [0, 0.05) is 6.54 Å². The highest BCUT2D eigenvalue weighted by molar-refractivity contribution is 6.32. The zero-order chi connectivity index (χ0) is 16.5. The second-order valence-electron chi connectivity index (χ2n) is 5.84. The third-order valence-electron chi connectivity index (χ3n) is 3.01. The fourth-order valence-corrected chi connectivity index (χ4v) is 2.37. The Morgan fingerprint density at radius 2 is 2.00 bits per heavy atom. The molecule has 0 bridgehead atoms. The van der Waals surface area contributed by atoms with Gasteiger partial charge in [-0.25, -0.2) is 0 Å². The molecule has 4 nitrogen and oxygen atoms in total. The maximum Gasteiger partial charge on any atom is 0.180 e. The van der Waals surface area contributed by atoms with E-state index in [0.29, 0.717) is 23.1 Å². The molecule has 0 unspecified atom stereocenters. The first-order chi connectivity index (χ1) is 10.4. The Morgan fingerprint density at radius 3 is 2.59 bits per heavy atom. The second-order valence-corrected chi connectivity index (χ2v) is 6.25. The molecule has 0 aliphatic heterocycles. The smallest absolute Gasteiger partial charge is 0.180 e. The normalized spacial score (nSPS) is 11.3. The van der Waals surface area contributed by atoms with Crippen molar-refractivity contribution in [2.45, 2.75) is 39.8 Å². The fourth-order valence-electron chi connectivity index (χ4n) is 2.09. The molecule has 5 heteroatoms. The van der Waals surface area contributed by atoms with Gasteiger partial charge in [-0.15, -0.1) is 0 Å². The first-order valence-electron chi connectivity index (χ1n) is 7.91. The topological polar surface area (TPSA) is 33.7 Å². The average molecular weight is 329 g/mol. The summed E-state index contributed by atoms with van der Waals surface area (Å²) in [6.45, 7) is 9.33. The lowest BCUT2D eigenvalue weighted by atomic mass is 10.2. The van der Waals surface area contributed by atoms with Crippen LogP contribution in [0.5, 0.6) is 11.5 Å². The molecule has 0 aliphatic rings. The SMILES string of the molecule is CCOc1cc(CNCCCN(C)C)cc(Cl)c1OC(C)C. The predicted molar refractivity (Wildman–Crippen MR) is 93.3 cm³/mol. The van der Waals surface area contributed by atoms with Crippen LogP contribution >= 0.6 is 11.6 Å². The lowest BCUT2D eigenvalue weighted by molar-refractivity contribution is 0.224. The van der Waals surface area contributed by atoms with Crippen LogP contribution in [-0.2, 0) is 6.54 Å². The molecule has 0 aliphatic carbocycles. The number of ether oxygens (including phenoxy) is 2. The summed E-state index contributed by atoms with van der Waals surface area (Å²) in [4.78, 5) is 2.18. The number of nitrogens with zero attached hydrogens (tertiary/aromatic N) is 1. The number of halogens is 1. The monoisotopic (exact) mass is 328 g/mol. The Kier molecular flexibility index (Phi) is 8.61. The predicted octanol–water partition coefficient (Wildman–Crippen LogP) is 3.57. The van der Waals surface area contributed by atoms with Gasteiger partial charge in [0.2, 0.25) is 0 Å². The average Bonchev–Trinajstić information content (AvgIpc) is 2.42. The van der Waals surface area contributed by atoms with Crippen molar-refractivity contribution in [3.05, 3.63) is 22.7 Å². The number of benzene rings is 1. The summed E-state index contributed by atoms with van der Waals surface area (Å²) in [5.74, 6) is 1.35. The summed E-state index contributed by atoms with van der Waals surface area (Å²) in [7, 11) is 4.17. The quantitative estimate of drug-likeness (QED) is 0.666. The van der Waals surface area contributed by atoms with Gasteiger partial charge in [-0.2, -0.15) is 0 Å². The highest BCUT2D eigenvalue weighted by Crippen LogP contribution is 2.37. The van der Waals surface area contributed by atoms with E-state index in [1.165, 1.54) is 0 Å². The van der Waals surface area contributed by atoms with E-state index in [2.05, 4.69) is 24.3 Å². The molecule has 1 N–H and O–H groups in total. The summed E-state index contributed by atoms with van der Waals surface area (Å²) < 4.78 is 11.4. The molecule has 0 fully saturated rings. The van der Waals surface area contributed by atoms with E-state index in [0.717, 1.165) is 31.6 Å². The minimum absolute atomic E-state index is 0.0618. The van der Waals surface area contributed by atoms with Gasteiger partial charge in [0.25, 0.3) is 0 Å². The van der Waals surface area contributed by atoms with Crippen LogP contribution in [0.1, 0.15) is 32.8 Å². The van der Waals surface area contributed by atoms with Gasteiger partial charge in [0.05, 0.1) is 17.7 Å². The van der Waals surface area contributed by atoms with Crippen molar-refractivity contribution < 1.29 is 9.47 Å². The van der Waals surface area contributed by atoms with Crippen LogP contribution in [0, 0.1) is 0 Å². The fraction of sp³-hybridized carbons (Fsp3) is 0.647. The number of rotatable bonds is 10. The van der Waals surface area contributed by atoms with Crippen molar-refractivity contribution in [3.63, 3.8) is 0 Å². The number of hydrogen-bond donors (Lipinski definition) is 1. The Hall–Kier alpha value is -0.970. The van der Waals surface area contributed by atoms with Crippen LogP contribution in [0.4, 0.5) is 0 Å². The standard InChI is InChI=1S/C17H29ClN2O2/c1-6-21-16-11-14(12-19-8-7-9-20(4)5)10-15(18)17(16)22-13(2)3/h10-11,13,19H,6-9,12H2,1-5H3. The van der Waals surface area contributed by atoms with Crippen molar-refractivity contribution in [2.75, 3.05) is 33.8 Å². The lowest BCUT2D eigenvalue weighted by Gasteiger charge is -2.17. The Labute approximate surface area is 139 Å². The highest BCUT2D eigenvalue weighted by atomic mass is 35.5. The largest absolute Gasteiger partial charge is 0.490 e. The zero-order valence-electron chi connectivity index (χ0n) is 14.4. The van der Waals surface area contributed by atoms with E-state index in [-0.39, 0.29) is 6.10 Å². The van der Waals surface area contributed by atoms with E-state index in [4.69, 9.17) is 21.1 Å². The van der Waals surface area contributed by atoms with E-state index >= 15 is 0 Å². The van der Waals surface area contributed by atoms with E-state index in [1.807, 2.05) is 32.9 Å². The molecule has 0 amide bonds. The van der Waals surface area contributed by atoms with Crippen molar-refractivity contribution in [3.8, 4) is 11.5 Å². The summed E-state index contributed by atoms with van der Waals surface area (Å²) >= 11 is 6.36. The van der Waals surface area contributed by atoms with E-state index in [1.54, 1.807) is 0 Å². The maximum atomic E-state index is 6.36. The Bertz CT molecular complexity index is 451. The number of nitrogens with one attached hydrogen (secondary N) is 1. The maximum absolute atomic E-state index is 6.36. The first-order valence-corrected chi connectivity index (χ1v) is 8.29. The summed E-state index contributed by atoms with van der Waals surface area (Å²) in [6.07, 6.45) is 1.18.